The normalized spacial score (nSPS) is 10.2. The maximum absolute atomic E-state index is 11.6. The van der Waals surface area contributed by atoms with Crippen LogP contribution in [-0.2, 0) is 11.3 Å². The van der Waals surface area contributed by atoms with Crippen molar-refractivity contribution in [1.29, 1.82) is 0 Å². The SMILES string of the molecule is COC(=O)c1ccc(C)c(NC(=S)NCCCn2ccnc2)c1. The molecule has 0 radical (unpaired) electrons. The predicted octanol–water partition coefficient (Wildman–Crippen LogP) is 2.35. The maximum Gasteiger partial charge on any atom is 0.337 e. The Morgan fingerprint density at radius 2 is 2.26 bits per heavy atom. The second-order valence-corrected chi connectivity index (χ2v) is 5.46. The van der Waals surface area contributed by atoms with Crippen molar-refractivity contribution < 1.29 is 9.53 Å². The van der Waals surface area contributed by atoms with Crippen molar-refractivity contribution in [3.63, 3.8) is 0 Å². The van der Waals surface area contributed by atoms with Gasteiger partial charge in [0.1, 0.15) is 0 Å². The fraction of sp³-hybridized carbons (Fsp3) is 0.312. The van der Waals surface area contributed by atoms with Crippen molar-refractivity contribution in [3.8, 4) is 0 Å². The van der Waals surface area contributed by atoms with Crippen LogP contribution in [0.4, 0.5) is 5.69 Å². The Bertz CT molecular complexity index is 671. The molecule has 0 saturated heterocycles. The Hall–Kier alpha value is -2.41. The van der Waals surface area contributed by atoms with Gasteiger partial charge in [-0.15, -0.1) is 0 Å². The number of hydrogen-bond acceptors (Lipinski definition) is 4. The molecule has 0 aliphatic carbocycles. The average Bonchev–Trinajstić information content (AvgIpc) is 3.06. The third-order valence-electron chi connectivity index (χ3n) is 3.34. The molecule has 0 fully saturated rings. The van der Waals surface area contributed by atoms with E-state index in [4.69, 9.17) is 17.0 Å². The van der Waals surface area contributed by atoms with Crippen molar-refractivity contribution in [2.24, 2.45) is 0 Å². The van der Waals surface area contributed by atoms with Crippen LogP contribution in [0.5, 0.6) is 0 Å². The van der Waals surface area contributed by atoms with Crippen LogP contribution >= 0.6 is 12.2 Å². The number of methoxy groups -OCH3 is 1. The summed E-state index contributed by atoms with van der Waals surface area (Å²) in [6, 6.07) is 5.32. The first-order chi connectivity index (χ1) is 11.1. The largest absolute Gasteiger partial charge is 0.465 e. The first kappa shape index (κ1) is 17.0. The molecule has 1 heterocycles. The van der Waals surface area contributed by atoms with Gasteiger partial charge < -0.3 is 19.9 Å². The van der Waals surface area contributed by atoms with Gasteiger partial charge in [0.2, 0.25) is 0 Å². The summed E-state index contributed by atoms with van der Waals surface area (Å²) in [6.45, 7) is 3.58. The van der Waals surface area contributed by atoms with Crippen molar-refractivity contribution in [2.75, 3.05) is 19.0 Å². The first-order valence-electron chi connectivity index (χ1n) is 7.29. The molecule has 0 saturated carbocycles. The van der Waals surface area contributed by atoms with Gasteiger partial charge in [0.05, 0.1) is 19.0 Å². The molecule has 0 atom stereocenters. The molecule has 0 amide bonds. The molecule has 0 aliphatic rings. The van der Waals surface area contributed by atoms with Crippen molar-refractivity contribution >= 4 is 29.0 Å². The van der Waals surface area contributed by atoms with Gasteiger partial charge in [0.25, 0.3) is 0 Å². The molecule has 0 unspecified atom stereocenters. The number of nitrogens with zero attached hydrogens (tertiary/aromatic N) is 2. The molecule has 6 nitrogen and oxygen atoms in total. The number of imidazole rings is 1. The molecule has 1 aromatic carbocycles. The summed E-state index contributed by atoms with van der Waals surface area (Å²) in [4.78, 5) is 15.6. The van der Waals surface area contributed by atoms with Crippen molar-refractivity contribution in [1.82, 2.24) is 14.9 Å². The summed E-state index contributed by atoms with van der Waals surface area (Å²) in [5.41, 5.74) is 2.28. The highest BCUT2D eigenvalue weighted by molar-refractivity contribution is 7.80. The molecule has 0 spiro atoms. The number of aromatic nitrogens is 2. The predicted molar refractivity (Wildman–Crippen MR) is 93.6 cm³/mol. The Balaban J connectivity index is 1.83. The monoisotopic (exact) mass is 332 g/mol. The van der Waals surface area contributed by atoms with Crippen LogP contribution in [0.1, 0.15) is 22.3 Å². The van der Waals surface area contributed by atoms with Crippen LogP contribution in [0.3, 0.4) is 0 Å². The molecular formula is C16H20N4O2S. The number of hydrogen-bond donors (Lipinski definition) is 2. The highest BCUT2D eigenvalue weighted by Gasteiger charge is 2.08. The van der Waals surface area contributed by atoms with E-state index in [1.165, 1.54) is 7.11 Å². The second kappa shape index (κ2) is 8.28. The van der Waals surface area contributed by atoms with E-state index >= 15 is 0 Å². The Labute approximate surface area is 140 Å². The number of benzene rings is 1. The number of aryl methyl sites for hydroxylation is 2. The zero-order chi connectivity index (χ0) is 16.7. The number of carbonyl (C=O) groups is 1. The van der Waals surface area contributed by atoms with Crippen LogP contribution < -0.4 is 10.6 Å². The molecule has 2 aromatic rings. The van der Waals surface area contributed by atoms with Crippen LogP contribution in [0, 0.1) is 6.92 Å². The maximum atomic E-state index is 11.6. The lowest BCUT2D eigenvalue weighted by Crippen LogP contribution is -2.30. The lowest BCUT2D eigenvalue weighted by atomic mass is 10.1. The molecule has 1 aromatic heterocycles. The summed E-state index contributed by atoms with van der Waals surface area (Å²) < 4.78 is 6.74. The van der Waals surface area contributed by atoms with E-state index < -0.39 is 0 Å². The first-order valence-corrected chi connectivity index (χ1v) is 7.70. The molecule has 7 heteroatoms. The molecule has 23 heavy (non-hydrogen) atoms. The van der Waals surface area contributed by atoms with Gasteiger partial charge in [0, 0.05) is 31.2 Å². The van der Waals surface area contributed by atoms with E-state index in [1.54, 1.807) is 24.7 Å². The lowest BCUT2D eigenvalue weighted by molar-refractivity contribution is 0.0601. The second-order valence-electron chi connectivity index (χ2n) is 5.06. The highest BCUT2D eigenvalue weighted by atomic mass is 32.1. The third-order valence-corrected chi connectivity index (χ3v) is 3.59. The van der Waals surface area contributed by atoms with E-state index in [2.05, 4.69) is 15.6 Å². The van der Waals surface area contributed by atoms with Crippen molar-refractivity contribution in [3.05, 3.63) is 48.0 Å². The quantitative estimate of drug-likeness (QED) is 0.481. The van der Waals surface area contributed by atoms with E-state index in [9.17, 15) is 4.79 Å². The topological polar surface area (TPSA) is 68.2 Å². The summed E-state index contributed by atoms with van der Waals surface area (Å²) in [6.07, 6.45) is 6.41. The highest BCUT2D eigenvalue weighted by Crippen LogP contribution is 2.17. The van der Waals surface area contributed by atoms with E-state index in [-0.39, 0.29) is 5.97 Å². The number of carbonyl (C=O) groups excluding carboxylic acids is 1. The number of ether oxygens (including phenoxy) is 1. The molecule has 122 valence electrons. The molecular weight excluding hydrogens is 312 g/mol. The van der Waals surface area contributed by atoms with Gasteiger partial charge in [-0.05, 0) is 43.3 Å². The minimum Gasteiger partial charge on any atom is -0.465 e. The fourth-order valence-corrected chi connectivity index (χ4v) is 2.26. The fourth-order valence-electron chi connectivity index (χ4n) is 2.05. The Kier molecular flexibility index (Phi) is 6.10. The standard InChI is InChI=1S/C16H20N4O2S/c1-12-4-5-13(15(21)22-2)10-14(12)19-16(23)18-6-3-8-20-9-7-17-11-20/h4-5,7,9-11H,3,6,8H2,1-2H3,(H2,18,19,23). The smallest absolute Gasteiger partial charge is 0.337 e. The van der Waals surface area contributed by atoms with Gasteiger partial charge in [0.15, 0.2) is 5.11 Å². The van der Waals surface area contributed by atoms with Crippen LogP contribution in [-0.4, -0.2) is 34.3 Å². The number of nitrogens with one attached hydrogen (secondary N) is 2. The lowest BCUT2D eigenvalue weighted by Gasteiger charge is -2.13. The van der Waals surface area contributed by atoms with Gasteiger partial charge in [-0.2, -0.15) is 0 Å². The van der Waals surface area contributed by atoms with Gasteiger partial charge >= 0.3 is 5.97 Å². The van der Waals surface area contributed by atoms with Crippen LogP contribution in [0.15, 0.2) is 36.9 Å². The van der Waals surface area contributed by atoms with Crippen LogP contribution in [0.2, 0.25) is 0 Å². The summed E-state index contributed by atoms with van der Waals surface area (Å²) in [5.74, 6) is -0.368. The van der Waals surface area contributed by atoms with E-state index in [0.717, 1.165) is 30.8 Å². The summed E-state index contributed by atoms with van der Waals surface area (Å²) in [7, 11) is 1.36. The van der Waals surface area contributed by atoms with E-state index in [0.29, 0.717) is 10.7 Å². The number of thiocarbonyl (C=S) groups is 1. The summed E-state index contributed by atoms with van der Waals surface area (Å²) >= 11 is 5.29. The Morgan fingerprint density at radius 1 is 1.43 bits per heavy atom. The molecule has 0 bridgehead atoms. The number of rotatable bonds is 6. The molecule has 2 rings (SSSR count). The van der Waals surface area contributed by atoms with Gasteiger partial charge in [-0.25, -0.2) is 9.78 Å². The minimum atomic E-state index is -0.368. The van der Waals surface area contributed by atoms with Crippen LogP contribution in [0.25, 0.3) is 0 Å². The minimum absolute atomic E-state index is 0.368. The zero-order valence-corrected chi connectivity index (χ0v) is 14.0. The van der Waals surface area contributed by atoms with Gasteiger partial charge in [-0.3, -0.25) is 0 Å². The average molecular weight is 332 g/mol. The third kappa shape index (κ3) is 5.07. The van der Waals surface area contributed by atoms with Gasteiger partial charge in [-0.1, -0.05) is 6.07 Å². The van der Waals surface area contributed by atoms with E-state index in [1.807, 2.05) is 23.8 Å². The summed E-state index contributed by atoms with van der Waals surface area (Å²) in [5, 5.41) is 6.80. The zero-order valence-electron chi connectivity index (χ0n) is 13.2. The number of anilines is 1. The number of esters is 1. The Morgan fingerprint density at radius 3 is 2.96 bits per heavy atom. The molecule has 0 aliphatic heterocycles. The van der Waals surface area contributed by atoms with Crippen molar-refractivity contribution in [2.45, 2.75) is 19.9 Å². The molecule has 2 N–H and O–H groups in total.